The number of aromatic nitrogens is 2. The van der Waals surface area contributed by atoms with Gasteiger partial charge in [0, 0.05) is 23.4 Å². The van der Waals surface area contributed by atoms with Gasteiger partial charge in [0.2, 0.25) is 5.28 Å². The molecular weight excluding hydrogens is 309 g/mol. The van der Waals surface area contributed by atoms with Crippen LogP contribution in [-0.2, 0) is 6.42 Å². The Morgan fingerprint density at radius 1 is 1.36 bits per heavy atom. The Morgan fingerprint density at radius 3 is 2.86 bits per heavy atom. The molecule has 0 atom stereocenters. The van der Waals surface area contributed by atoms with Crippen LogP contribution < -0.4 is 0 Å². The molecule has 22 heavy (non-hydrogen) atoms. The smallest absolute Gasteiger partial charge is 0.277 e. The van der Waals surface area contributed by atoms with Gasteiger partial charge in [0.25, 0.3) is 5.91 Å². The van der Waals surface area contributed by atoms with E-state index < -0.39 is 5.82 Å². The van der Waals surface area contributed by atoms with Crippen molar-refractivity contribution >= 4 is 23.2 Å². The third kappa shape index (κ3) is 2.40. The van der Waals surface area contributed by atoms with Crippen molar-refractivity contribution in [3.8, 4) is 11.3 Å². The fourth-order valence-electron chi connectivity index (χ4n) is 2.57. The molecule has 1 aromatic carbocycles. The maximum atomic E-state index is 14.0. The van der Waals surface area contributed by atoms with E-state index in [2.05, 4.69) is 15.0 Å². The summed E-state index contributed by atoms with van der Waals surface area (Å²) in [5.41, 5.74) is 2.81. The highest BCUT2D eigenvalue weighted by molar-refractivity contribution is 6.28. The van der Waals surface area contributed by atoms with Crippen LogP contribution in [0.2, 0.25) is 5.28 Å². The maximum Gasteiger partial charge on any atom is 0.277 e. The van der Waals surface area contributed by atoms with Crippen molar-refractivity contribution in [1.82, 2.24) is 9.97 Å². The van der Waals surface area contributed by atoms with Crippen LogP contribution in [0.3, 0.4) is 0 Å². The number of carbonyl (C=O) groups is 1. The van der Waals surface area contributed by atoms with Gasteiger partial charge in [-0.05, 0) is 42.6 Å². The van der Waals surface area contributed by atoms with Crippen LogP contribution in [0.25, 0.3) is 11.3 Å². The van der Waals surface area contributed by atoms with E-state index in [0.29, 0.717) is 28.8 Å². The molecule has 0 saturated carbocycles. The zero-order valence-corrected chi connectivity index (χ0v) is 12.4. The predicted octanol–water partition coefficient (Wildman–Crippen LogP) is 2.43. The average molecular weight is 320 g/mol. The van der Waals surface area contributed by atoms with E-state index in [1.165, 1.54) is 0 Å². The molecule has 0 bridgehead atoms. The SMILES string of the molecule is CC1=NC(=O)c2cc(-c3nc(Cl)ncc3F)cc(CCO)c21. The molecule has 0 fully saturated rings. The van der Waals surface area contributed by atoms with E-state index in [1.54, 1.807) is 19.1 Å². The molecule has 1 aliphatic rings. The molecule has 0 saturated heterocycles. The van der Waals surface area contributed by atoms with Gasteiger partial charge in [-0.2, -0.15) is 0 Å². The summed E-state index contributed by atoms with van der Waals surface area (Å²) in [4.78, 5) is 23.3. The topological polar surface area (TPSA) is 75.4 Å². The number of aliphatic hydroxyl groups excluding tert-OH is 1. The van der Waals surface area contributed by atoms with Crippen LogP contribution in [-0.4, -0.2) is 33.3 Å². The molecule has 2 heterocycles. The first-order valence-corrected chi connectivity index (χ1v) is 6.95. The van der Waals surface area contributed by atoms with Crippen molar-refractivity contribution in [2.45, 2.75) is 13.3 Å². The summed E-state index contributed by atoms with van der Waals surface area (Å²) >= 11 is 5.72. The lowest BCUT2D eigenvalue weighted by Crippen LogP contribution is -2.05. The highest BCUT2D eigenvalue weighted by Gasteiger charge is 2.25. The predicted molar refractivity (Wildman–Crippen MR) is 79.8 cm³/mol. The van der Waals surface area contributed by atoms with Gasteiger partial charge < -0.3 is 5.11 Å². The van der Waals surface area contributed by atoms with Gasteiger partial charge in [-0.25, -0.2) is 19.4 Å². The molecule has 0 radical (unpaired) electrons. The van der Waals surface area contributed by atoms with Gasteiger partial charge in [-0.1, -0.05) is 0 Å². The Hall–Kier alpha value is -2.18. The van der Waals surface area contributed by atoms with E-state index in [9.17, 15) is 14.3 Å². The number of rotatable bonds is 3. The van der Waals surface area contributed by atoms with Gasteiger partial charge >= 0.3 is 0 Å². The van der Waals surface area contributed by atoms with Crippen molar-refractivity contribution in [3.05, 3.63) is 46.1 Å². The molecule has 0 aliphatic carbocycles. The van der Waals surface area contributed by atoms with E-state index in [4.69, 9.17) is 11.6 Å². The lowest BCUT2D eigenvalue weighted by Gasteiger charge is -2.11. The van der Waals surface area contributed by atoms with Crippen LogP contribution in [0.4, 0.5) is 4.39 Å². The lowest BCUT2D eigenvalue weighted by molar-refractivity contribution is 0.101. The van der Waals surface area contributed by atoms with Crippen molar-refractivity contribution in [1.29, 1.82) is 0 Å². The molecule has 1 aliphatic heterocycles. The maximum absolute atomic E-state index is 14.0. The fourth-order valence-corrected chi connectivity index (χ4v) is 2.70. The molecule has 5 nitrogen and oxygen atoms in total. The largest absolute Gasteiger partial charge is 0.396 e. The summed E-state index contributed by atoms with van der Waals surface area (Å²) in [6.07, 6.45) is 1.31. The number of fused-ring (bicyclic) bond motifs is 1. The second-order valence-electron chi connectivity index (χ2n) is 4.87. The molecule has 112 valence electrons. The summed E-state index contributed by atoms with van der Waals surface area (Å²) in [5.74, 6) is -1.02. The minimum atomic E-state index is -0.637. The number of carbonyl (C=O) groups excluding carboxylic acids is 1. The molecule has 7 heteroatoms. The summed E-state index contributed by atoms with van der Waals surface area (Å²) in [6, 6.07) is 3.23. The quantitative estimate of drug-likeness (QED) is 0.882. The summed E-state index contributed by atoms with van der Waals surface area (Å²) in [6.45, 7) is 1.64. The molecule has 1 N–H and O–H groups in total. The molecule has 1 aromatic heterocycles. The molecular formula is C15H11ClFN3O2. The molecule has 2 aromatic rings. The number of hydrogen-bond acceptors (Lipinski definition) is 4. The van der Waals surface area contributed by atoms with E-state index >= 15 is 0 Å². The summed E-state index contributed by atoms with van der Waals surface area (Å²) < 4.78 is 14.0. The Labute approximate surface area is 130 Å². The van der Waals surface area contributed by atoms with Gasteiger partial charge in [-0.3, -0.25) is 4.79 Å². The van der Waals surface area contributed by atoms with Gasteiger partial charge in [0.15, 0.2) is 5.82 Å². The molecule has 1 amide bonds. The second-order valence-corrected chi connectivity index (χ2v) is 5.21. The van der Waals surface area contributed by atoms with Crippen molar-refractivity contribution in [2.24, 2.45) is 4.99 Å². The number of halogens is 2. The number of amides is 1. The summed E-state index contributed by atoms with van der Waals surface area (Å²) in [7, 11) is 0. The monoisotopic (exact) mass is 319 g/mol. The third-order valence-corrected chi connectivity index (χ3v) is 3.63. The minimum absolute atomic E-state index is 0.0133. The Morgan fingerprint density at radius 2 is 2.14 bits per heavy atom. The van der Waals surface area contributed by atoms with E-state index in [0.717, 1.165) is 11.8 Å². The molecule has 0 spiro atoms. The first-order valence-electron chi connectivity index (χ1n) is 6.57. The van der Waals surface area contributed by atoms with Crippen molar-refractivity contribution in [2.75, 3.05) is 6.61 Å². The second kappa shape index (κ2) is 5.55. The zero-order valence-electron chi connectivity index (χ0n) is 11.6. The van der Waals surface area contributed by atoms with Crippen LogP contribution in [0.5, 0.6) is 0 Å². The van der Waals surface area contributed by atoms with Gasteiger partial charge in [0.1, 0.15) is 5.69 Å². The van der Waals surface area contributed by atoms with Gasteiger partial charge in [0.05, 0.1) is 11.8 Å². The first kappa shape index (κ1) is 14.7. The van der Waals surface area contributed by atoms with Gasteiger partial charge in [-0.15, -0.1) is 0 Å². The van der Waals surface area contributed by atoms with Crippen LogP contribution in [0, 0.1) is 5.82 Å². The Balaban J connectivity index is 2.24. The standard InChI is InChI=1S/C15H11ClFN3O2/c1-7-12-8(2-3-21)4-9(5-10(12)14(22)19-7)13-11(17)6-18-15(16)20-13/h4-6,21H,2-3H2,1H3. The van der Waals surface area contributed by atoms with E-state index in [1.807, 2.05) is 0 Å². The minimum Gasteiger partial charge on any atom is -0.396 e. The number of nitrogens with zero attached hydrogens (tertiary/aromatic N) is 3. The number of benzene rings is 1. The number of hydrogen-bond donors (Lipinski definition) is 1. The Bertz CT molecular complexity index is 821. The molecule has 0 unspecified atom stereocenters. The normalized spacial score (nSPS) is 13.3. The van der Waals surface area contributed by atoms with Crippen molar-refractivity contribution < 1.29 is 14.3 Å². The zero-order chi connectivity index (χ0) is 15.9. The molecule has 3 rings (SSSR count). The Kier molecular flexibility index (Phi) is 3.72. The lowest BCUT2D eigenvalue weighted by atomic mass is 9.93. The van der Waals surface area contributed by atoms with Crippen LogP contribution in [0.1, 0.15) is 28.4 Å². The summed E-state index contributed by atoms with van der Waals surface area (Å²) in [5, 5.41) is 9.13. The van der Waals surface area contributed by atoms with Crippen molar-refractivity contribution in [3.63, 3.8) is 0 Å². The van der Waals surface area contributed by atoms with Crippen LogP contribution >= 0.6 is 11.6 Å². The average Bonchev–Trinajstić information content (AvgIpc) is 2.77. The van der Waals surface area contributed by atoms with Crippen LogP contribution in [0.15, 0.2) is 23.3 Å². The van der Waals surface area contributed by atoms with E-state index in [-0.39, 0.29) is 23.5 Å². The third-order valence-electron chi connectivity index (χ3n) is 3.45. The first-order chi connectivity index (χ1) is 10.5. The highest BCUT2D eigenvalue weighted by Crippen LogP contribution is 2.31. The highest BCUT2D eigenvalue weighted by atomic mass is 35.5. The number of aliphatic hydroxyl groups is 1. The fraction of sp³-hybridized carbons (Fsp3) is 0.200. The number of aliphatic imine (C=N–C) groups is 1.